The Morgan fingerprint density at radius 1 is 1.47 bits per heavy atom. The van der Waals surface area contributed by atoms with Crippen molar-refractivity contribution in [2.24, 2.45) is 11.8 Å². The molecule has 86 valence electrons. The van der Waals surface area contributed by atoms with Gasteiger partial charge in [-0.2, -0.15) is 0 Å². The number of hydrogen-bond acceptors (Lipinski definition) is 2. The average Bonchev–Trinajstić information content (AvgIpc) is 2.23. The standard InChI is InChI=1S/C12H22N2O/c1-8(2)11-7-10-9(5-4-6-13-10)12(15)14(11)3/h8-11,13H,4-7H2,1-3H3. The van der Waals surface area contributed by atoms with Crippen LogP contribution in [0.3, 0.4) is 0 Å². The second-order valence-corrected chi connectivity index (χ2v) is 5.31. The molecule has 2 heterocycles. The smallest absolute Gasteiger partial charge is 0.227 e. The Balaban J connectivity index is 2.13. The molecule has 2 rings (SSSR count). The van der Waals surface area contributed by atoms with Gasteiger partial charge in [0, 0.05) is 19.1 Å². The molecule has 0 spiro atoms. The predicted molar refractivity (Wildman–Crippen MR) is 60.5 cm³/mol. The van der Waals surface area contributed by atoms with Crippen molar-refractivity contribution in [3.05, 3.63) is 0 Å². The van der Waals surface area contributed by atoms with Crippen molar-refractivity contribution in [1.82, 2.24) is 10.2 Å². The Bertz CT molecular complexity index is 252. The SMILES string of the molecule is CC(C)C1CC2NCCCC2C(=O)N1C. The lowest BCUT2D eigenvalue weighted by Crippen LogP contribution is -2.59. The lowest BCUT2D eigenvalue weighted by Gasteiger charge is -2.45. The van der Waals surface area contributed by atoms with Crippen LogP contribution in [0.2, 0.25) is 0 Å². The molecule has 2 aliphatic rings. The van der Waals surface area contributed by atoms with Crippen LogP contribution in [0.5, 0.6) is 0 Å². The fourth-order valence-corrected chi connectivity index (χ4v) is 3.06. The van der Waals surface area contributed by atoms with Crippen molar-refractivity contribution in [1.29, 1.82) is 0 Å². The predicted octanol–water partition coefficient (Wildman–Crippen LogP) is 1.24. The first-order valence-electron chi connectivity index (χ1n) is 6.11. The van der Waals surface area contributed by atoms with E-state index in [0.717, 1.165) is 25.8 Å². The monoisotopic (exact) mass is 210 g/mol. The van der Waals surface area contributed by atoms with Gasteiger partial charge in [-0.1, -0.05) is 13.8 Å². The molecule has 0 saturated carbocycles. The molecule has 0 aromatic carbocycles. The van der Waals surface area contributed by atoms with E-state index in [1.165, 1.54) is 0 Å². The summed E-state index contributed by atoms with van der Waals surface area (Å²) >= 11 is 0. The molecule has 2 aliphatic heterocycles. The minimum atomic E-state index is 0.249. The third-order valence-electron chi connectivity index (χ3n) is 4.01. The lowest BCUT2D eigenvalue weighted by molar-refractivity contribution is -0.144. The highest BCUT2D eigenvalue weighted by atomic mass is 16.2. The van der Waals surface area contributed by atoms with Crippen LogP contribution in [-0.2, 0) is 4.79 Å². The van der Waals surface area contributed by atoms with Gasteiger partial charge in [-0.3, -0.25) is 4.79 Å². The minimum absolute atomic E-state index is 0.249. The van der Waals surface area contributed by atoms with E-state index >= 15 is 0 Å². The van der Waals surface area contributed by atoms with E-state index in [1.54, 1.807) is 0 Å². The second kappa shape index (κ2) is 4.12. The fourth-order valence-electron chi connectivity index (χ4n) is 3.06. The molecule has 3 nitrogen and oxygen atoms in total. The highest BCUT2D eigenvalue weighted by molar-refractivity contribution is 5.80. The number of carbonyl (C=O) groups is 1. The van der Waals surface area contributed by atoms with Crippen LogP contribution in [0.4, 0.5) is 0 Å². The van der Waals surface area contributed by atoms with Gasteiger partial charge in [0.05, 0.1) is 5.92 Å². The maximum absolute atomic E-state index is 12.2. The van der Waals surface area contributed by atoms with Crippen LogP contribution >= 0.6 is 0 Å². The summed E-state index contributed by atoms with van der Waals surface area (Å²) in [5.41, 5.74) is 0. The number of nitrogens with one attached hydrogen (secondary N) is 1. The van der Waals surface area contributed by atoms with E-state index in [0.29, 0.717) is 23.9 Å². The third-order valence-corrected chi connectivity index (χ3v) is 4.01. The maximum Gasteiger partial charge on any atom is 0.227 e. The summed E-state index contributed by atoms with van der Waals surface area (Å²) in [5, 5.41) is 3.51. The van der Waals surface area contributed by atoms with E-state index in [4.69, 9.17) is 0 Å². The molecule has 0 aromatic heterocycles. The van der Waals surface area contributed by atoms with Gasteiger partial charge in [0.1, 0.15) is 0 Å². The number of nitrogens with zero attached hydrogens (tertiary/aromatic N) is 1. The molecule has 0 aliphatic carbocycles. The van der Waals surface area contributed by atoms with Crippen molar-refractivity contribution in [3.63, 3.8) is 0 Å². The number of rotatable bonds is 1. The number of amides is 1. The Kier molecular flexibility index (Phi) is 3.01. The molecule has 3 heteroatoms. The molecule has 1 amide bonds. The summed E-state index contributed by atoms with van der Waals surface area (Å²) in [7, 11) is 1.97. The van der Waals surface area contributed by atoms with Crippen molar-refractivity contribution in [2.45, 2.75) is 45.2 Å². The molecule has 3 unspecified atom stereocenters. The molecule has 2 fully saturated rings. The van der Waals surface area contributed by atoms with E-state index in [2.05, 4.69) is 19.2 Å². The maximum atomic E-state index is 12.2. The summed E-state index contributed by atoms with van der Waals surface area (Å²) < 4.78 is 0. The highest BCUT2D eigenvalue weighted by Crippen LogP contribution is 2.31. The number of fused-ring (bicyclic) bond motifs is 1. The summed E-state index contributed by atoms with van der Waals surface area (Å²) in [4.78, 5) is 14.1. The van der Waals surface area contributed by atoms with Gasteiger partial charge in [-0.05, 0) is 31.7 Å². The van der Waals surface area contributed by atoms with Gasteiger partial charge in [0.25, 0.3) is 0 Å². The van der Waals surface area contributed by atoms with Gasteiger partial charge >= 0.3 is 0 Å². The lowest BCUT2D eigenvalue weighted by atomic mass is 9.79. The van der Waals surface area contributed by atoms with Crippen LogP contribution < -0.4 is 5.32 Å². The Hall–Kier alpha value is -0.570. The van der Waals surface area contributed by atoms with Crippen molar-refractivity contribution >= 4 is 5.91 Å². The van der Waals surface area contributed by atoms with Crippen LogP contribution in [0.25, 0.3) is 0 Å². The molecule has 2 saturated heterocycles. The van der Waals surface area contributed by atoms with E-state index in [9.17, 15) is 4.79 Å². The number of carbonyl (C=O) groups excluding carboxylic acids is 1. The quantitative estimate of drug-likeness (QED) is 0.706. The Morgan fingerprint density at radius 2 is 2.20 bits per heavy atom. The Labute approximate surface area is 92.2 Å². The van der Waals surface area contributed by atoms with Crippen molar-refractivity contribution in [3.8, 4) is 0 Å². The summed E-state index contributed by atoms with van der Waals surface area (Å²) in [6.45, 7) is 5.50. The highest BCUT2D eigenvalue weighted by Gasteiger charge is 2.41. The number of likely N-dealkylation sites (tertiary alicyclic amines) is 1. The van der Waals surface area contributed by atoms with Crippen LogP contribution in [0.1, 0.15) is 33.1 Å². The largest absolute Gasteiger partial charge is 0.342 e. The zero-order valence-electron chi connectivity index (χ0n) is 9.99. The van der Waals surface area contributed by atoms with Gasteiger partial charge in [-0.15, -0.1) is 0 Å². The summed E-state index contributed by atoms with van der Waals surface area (Å²) in [6.07, 6.45) is 3.35. The molecular weight excluding hydrogens is 188 g/mol. The molecule has 0 aromatic rings. The number of hydrogen-bond donors (Lipinski definition) is 1. The molecule has 0 radical (unpaired) electrons. The van der Waals surface area contributed by atoms with E-state index in [1.807, 2.05) is 11.9 Å². The van der Waals surface area contributed by atoms with Crippen LogP contribution in [0.15, 0.2) is 0 Å². The van der Waals surface area contributed by atoms with Gasteiger partial charge in [-0.25, -0.2) is 0 Å². The summed E-state index contributed by atoms with van der Waals surface area (Å²) in [5.74, 6) is 1.17. The van der Waals surface area contributed by atoms with Gasteiger partial charge < -0.3 is 10.2 Å². The van der Waals surface area contributed by atoms with Crippen molar-refractivity contribution in [2.75, 3.05) is 13.6 Å². The van der Waals surface area contributed by atoms with Crippen LogP contribution in [0, 0.1) is 11.8 Å². The second-order valence-electron chi connectivity index (χ2n) is 5.31. The Morgan fingerprint density at radius 3 is 2.87 bits per heavy atom. The average molecular weight is 210 g/mol. The van der Waals surface area contributed by atoms with Gasteiger partial charge in [0.15, 0.2) is 0 Å². The third kappa shape index (κ3) is 1.89. The molecule has 15 heavy (non-hydrogen) atoms. The molecular formula is C12H22N2O. The number of piperidine rings is 2. The van der Waals surface area contributed by atoms with Gasteiger partial charge in [0.2, 0.25) is 5.91 Å². The molecule has 1 N–H and O–H groups in total. The minimum Gasteiger partial charge on any atom is -0.342 e. The first-order valence-corrected chi connectivity index (χ1v) is 6.11. The first-order chi connectivity index (χ1) is 7.11. The summed E-state index contributed by atoms with van der Waals surface area (Å²) in [6, 6.07) is 0.860. The topological polar surface area (TPSA) is 32.3 Å². The molecule has 3 atom stereocenters. The molecule has 0 bridgehead atoms. The zero-order chi connectivity index (χ0) is 11.0. The van der Waals surface area contributed by atoms with Crippen molar-refractivity contribution < 1.29 is 4.79 Å². The first kappa shape index (κ1) is 10.9. The van der Waals surface area contributed by atoms with Crippen LogP contribution in [-0.4, -0.2) is 36.5 Å². The van der Waals surface area contributed by atoms with E-state index < -0.39 is 0 Å². The van der Waals surface area contributed by atoms with E-state index in [-0.39, 0.29) is 5.92 Å². The zero-order valence-corrected chi connectivity index (χ0v) is 9.99. The fraction of sp³-hybridized carbons (Fsp3) is 0.917. The normalized spacial score (nSPS) is 36.9.